The van der Waals surface area contributed by atoms with Crippen LogP contribution in [0.5, 0.6) is 0 Å². The number of aryl methyl sites for hydroxylation is 1. The molecule has 7 heteroatoms. The molecule has 1 N–H and O–H groups in total. The molecule has 0 unspecified atom stereocenters. The molecule has 0 fully saturated rings. The predicted octanol–water partition coefficient (Wildman–Crippen LogP) is 2.83. The Morgan fingerprint density at radius 3 is 2.61 bits per heavy atom. The topological polar surface area (TPSA) is 98.5 Å². The molecule has 0 atom stereocenters. The molecule has 0 saturated carbocycles. The Morgan fingerprint density at radius 2 is 2.00 bits per heavy atom. The zero-order valence-corrected chi connectivity index (χ0v) is 13.2. The molecular weight excluding hydrogens is 300 g/mol. The molecule has 0 radical (unpaired) electrons. The Bertz CT molecular complexity index is 677. The van der Waals surface area contributed by atoms with E-state index in [1.54, 1.807) is 39.0 Å². The van der Waals surface area contributed by atoms with Crippen LogP contribution in [-0.2, 0) is 14.3 Å². The highest BCUT2D eigenvalue weighted by Crippen LogP contribution is 2.30. The van der Waals surface area contributed by atoms with E-state index >= 15 is 0 Å². The number of amides is 1. The van der Waals surface area contributed by atoms with Gasteiger partial charge in [0.1, 0.15) is 5.69 Å². The smallest absolute Gasteiger partial charge is 0.331 e. The first-order valence-corrected chi connectivity index (χ1v) is 6.87. The molecular formula is C16H18N2O5. The Hall–Kier alpha value is -2.96. The maximum absolute atomic E-state index is 11.8. The maximum Gasteiger partial charge on any atom is 0.331 e. The number of nitrogens with zero attached hydrogens (tertiary/aromatic N) is 1. The van der Waals surface area contributed by atoms with Crippen LogP contribution in [-0.4, -0.2) is 23.4 Å². The molecule has 0 aliphatic carbocycles. The lowest BCUT2D eigenvalue weighted by Gasteiger charge is -2.11. The zero-order chi connectivity index (χ0) is 17.4. The maximum atomic E-state index is 11.8. The molecule has 0 bridgehead atoms. The van der Waals surface area contributed by atoms with Crippen LogP contribution >= 0.6 is 0 Å². The molecule has 1 aromatic carbocycles. The predicted molar refractivity (Wildman–Crippen MR) is 86.1 cm³/mol. The summed E-state index contributed by atoms with van der Waals surface area (Å²) in [5.41, 5.74) is 1.30. The number of benzene rings is 1. The summed E-state index contributed by atoms with van der Waals surface area (Å²) < 4.78 is 4.75. The second kappa shape index (κ2) is 8.47. The summed E-state index contributed by atoms with van der Waals surface area (Å²) in [4.78, 5) is 33.6. The summed E-state index contributed by atoms with van der Waals surface area (Å²) in [6, 6.07) is 2.93. The highest BCUT2D eigenvalue weighted by molar-refractivity contribution is 5.96. The van der Waals surface area contributed by atoms with Gasteiger partial charge in [-0.1, -0.05) is 24.3 Å². The molecule has 0 spiro atoms. The Labute approximate surface area is 133 Å². The van der Waals surface area contributed by atoms with Gasteiger partial charge in [-0.2, -0.15) is 0 Å². The highest BCUT2D eigenvalue weighted by atomic mass is 16.6. The van der Waals surface area contributed by atoms with Crippen molar-refractivity contribution in [1.82, 2.24) is 0 Å². The molecule has 122 valence electrons. The number of ether oxygens (including phenoxy) is 1. The van der Waals surface area contributed by atoms with E-state index in [1.165, 1.54) is 18.2 Å². The van der Waals surface area contributed by atoms with E-state index < -0.39 is 23.4 Å². The van der Waals surface area contributed by atoms with Gasteiger partial charge in [0, 0.05) is 12.1 Å². The van der Waals surface area contributed by atoms with Gasteiger partial charge >= 0.3 is 5.97 Å². The average Bonchev–Trinajstić information content (AvgIpc) is 2.50. The number of nitro groups is 1. The second-order valence-corrected chi connectivity index (χ2v) is 4.70. The Kier molecular flexibility index (Phi) is 6.67. The van der Waals surface area contributed by atoms with Crippen LogP contribution in [0.4, 0.5) is 11.4 Å². The normalized spacial score (nSPS) is 10.9. The fraction of sp³-hybridized carbons (Fsp3) is 0.250. The number of carbonyl (C=O) groups is 2. The van der Waals surface area contributed by atoms with Crippen molar-refractivity contribution >= 4 is 23.3 Å². The van der Waals surface area contributed by atoms with Crippen molar-refractivity contribution in [3.05, 3.63) is 57.7 Å². The highest BCUT2D eigenvalue weighted by Gasteiger charge is 2.19. The Balaban J connectivity index is 2.76. The minimum atomic E-state index is -0.672. The molecule has 0 aromatic heterocycles. The van der Waals surface area contributed by atoms with E-state index in [9.17, 15) is 19.7 Å². The number of carbonyl (C=O) groups excluding carboxylic acids is 2. The lowest BCUT2D eigenvalue weighted by atomic mass is 10.1. The number of nitro benzene ring substituents is 1. The quantitative estimate of drug-likeness (QED) is 0.286. The SMILES string of the molecule is C/C=C/C=C/C(=O)OCC(=O)Nc1c([N+](=O)[O-])ccc(C)c1C. The Morgan fingerprint density at radius 1 is 1.30 bits per heavy atom. The molecule has 7 nitrogen and oxygen atoms in total. The minimum Gasteiger partial charge on any atom is -0.452 e. The monoisotopic (exact) mass is 318 g/mol. The van der Waals surface area contributed by atoms with Gasteiger partial charge < -0.3 is 10.1 Å². The van der Waals surface area contributed by atoms with Crippen molar-refractivity contribution in [3.63, 3.8) is 0 Å². The van der Waals surface area contributed by atoms with Crippen LogP contribution in [0.15, 0.2) is 36.4 Å². The van der Waals surface area contributed by atoms with Crippen molar-refractivity contribution in [2.75, 3.05) is 11.9 Å². The fourth-order valence-electron chi connectivity index (χ4n) is 1.72. The number of hydrogen-bond acceptors (Lipinski definition) is 5. The van der Waals surface area contributed by atoms with Gasteiger partial charge in [-0.25, -0.2) is 4.79 Å². The summed E-state index contributed by atoms with van der Waals surface area (Å²) >= 11 is 0. The zero-order valence-electron chi connectivity index (χ0n) is 13.2. The van der Waals surface area contributed by atoms with Crippen LogP contribution in [0.1, 0.15) is 18.1 Å². The van der Waals surface area contributed by atoms with Crippen LogP contribution < -0.4 is 5.32 Å². The van der Waals surface area contributed by atoms with Crippen LogP contribution in [0, 0.1) is 24.0 Å². The van der Waals surface area contributed by atoms with E-state index in [1.807, 2.05) is 0 Å². The van der Waals surface area contributed by atoms with Gasteiger partial charge in [0.25, 0.3) is 11.6 Å². The van der Waals surface area contributed by atoms with Gasteiger partial charge in [-0.05, 0) is 31.9 Å². The molecule has 1 rings (SSSR count). The second-order valence-electron chi connectivity index (χ2n) is 4.70. The molecule has 0 aliphatic rings. The van der Waals surface area contributed by atoms with E-state index in [0.29, 0.717) is 5.56 Å². The largest absolute Gasteiger partial charge is 0.452 e. The van der Waals surface area contributed by atoms with E-state index in [-0.39, 0.29) is 11.4 Å². The summed E-state index contributed by atoms with van der Waals surface area (Å²) in [7, 11) is 0. The van der Waals surface area contributed by atoms with Gasteiger partial charge in [0.05, 0.1) is 4.92 Å². The summed E-state index contributed by atoms with van der Waals surface area (Å²) in [5, 5.41) is 13.5. The number of nitrogens with one attached hydrogen (secondary N) is 1. The number of allylic oxidation sites excluding steroid dienone is 3. The fourth-order valence-corrected chi connectivity index (χ4v) is 1.72. The molecule has 0 saturated heterocycles. The van der Waals surface area contributed by atoms with Crippen LogP contribution in [0.3, 0.4) is 0 Å². The van der Waals surface area contributed by atoms with Crippen molar-refractivity contribution in [3.8, 4) is 0 Å². The molecule has 23 heavy (non-hydrogen) atoms. The summed E-state index contributed by atoms with van der Waals surface area (Å²) in [6.45, 7) is 4.72. The lowest BCUT2D eigenvalue weighted by Crippen LogP contribution is -2.21. The van der Waals surface area contributed by atoms with Crippen LogP contribution in [0.25, 0.3) is 0 Å². The van der Waals surface area contributed by atoms with Gasteiger partial charge in [-0.15, -0.1) is 0 Å². The van der Waals surface area contributed by atoms with Crippen molar-refractivity contribution in [2.24, 2.45) is 0 Å². The van der Waals surface area contributed by atoms with Crippen molar-refractivity contribution in [2.45, 2.75) is 20.8 Å². The lowest BCUT2D eigenvalue weighted by molar-refractivity contribution is -0.384. The number of esters is 1. The first-order chi connectivity index (χ1) is 10.9. The summed E-state index contributed by atoms with van der Waals surface area (Å²) in [5.74, 6) is -1.32. The summed E-state index contributed by atoms with van der Waals surface area (Å²) in [6.07, 6.45) is 6.03. The minimum absolute atomic E-state index is 0.112. The number of anilines is 1. The third-order valence-electron chi connectivity index (χ3n) is 3.06. The third kappa shape index (κ3) is 5.39. The van der Waals surface area contributed by atoms with Gasteiger partial charge in [0.15, 0.2) is 6.61 Å². The van der Waals surface area contributed by atoms with Crippen molar-refractivity contribution < 1.29 is 19.2 Å². The molecule has 1 aromatic rings. The molecule has 0 heterocycles. The third-order valence-corrected chi connectivity index (χ3v) is 3.06. The standard InChI is InChI=1S/C16H18N2O5/c1-4-5-6-7-15(20)23-10-14(19)17-16-12(3)11(2)8-9-13(16)18(21)22/h4-9H,10H2,1-3H3,(H,17,19)/b5-4+,7-6+. The van der Waals surface area contributed by atoms with Crippen molar-refractivity contribution in [1.29, 1.82) is 0 Å². The molecule has 1 amide bonds. The number of hydrogen-bond donors (Lipinski definition) is 1. The van der Waals surface area contributed by atoms with E-state index in [4.69, 9.17) is 4.74 Å². The first-order valence-electron chi connectivity index (χ1n) is 6.87. The van der Waals surface area contributed by atoms with Gasteiger partial charge in [0.2, 0.25) is 0 Å². The first kappa shape index (κ1) is 18.1. The van der Waals surface area contributed by atoms with E-state index in [0.717, 1.165) is 5.56 Å². The van der Waals surface area contributed by atoms with Crippen LogP contribution in [0.2, 0.25) is 0 Å². The number of rotatable bonds is 6. The average molecular weight is 318 g/mol. The molecule has 0 aliphatic heterocycles. The van der Waals surface area contributed by atoms with E-state index in [2.05, 4.69) is 5.32 Å². The van der Waals surface area contributed by atoms with Gasteiger partial charge in [-0.3, -0.25) is 14.9 Å².